The van der Waals surface area contributed by atoms with Gasteiger partial charge in [0.05, 0.1) is 0 Å². The van der Waals surface area contributed by atoms with E-state index in [9.17, 15) is 9.59 Å². The maximum absolute atomic E-state index is 13.6. The van der Waals surface area contributed by atoms with Crippen molar-refractivity contribution >= 4 is 35.2 Å². The van der Waals surface area contributed by atoms with Crippen molar-refractivity contribution in [3.63, 3.8) is 0 Å². The monoisotopic (exact) mass is 522 g/mol. The molecule has 0 fully saturated rings. The fraction of sp³-hybridized carbons (Fsp3) is 0.333. The molecule has 0 saturated carbocycles. The molecule has 36 heavy (non-hydrogen) atoms. The van der Waals surface area contributed by atoms with Gasteiger partial charge in [-0.1, -0.05) is 84.4 Å². The van der Waals surface area contributed by atoms with Crippen LogP contribution in [0.5, 0.6) is 0 Å². The van der Waals surface area contributed by atoms with E-state index in [1.165, 1.54) is 5.56 Å². The molecular weight excluding hydrogens is 488 g/mol. The van der Waals surface area contributed by atoms with Crippen molar-refractivity contribution in [2.24, 2.45) is 0 Å². The molecule has 1 unspecified atom stereocenters. The minimum atomic E-state index is -0.641. The first kappa shape index (κ1) is 27.8. The highest BCUT2D eigenvalue weighted by Crippen LogP contribution is 2.20. The van der Waals surface area contributed by atoms with Crippen LogP contribution in [0, 0.1) is 0 Å². The van der Waals surface area contributed by atoms with Crippen molar-refractivity contribution in [1.82, 2.24) is 10.2 Å². The Bertz CT molecular complexity index is 1120. The molecule has 3 aromatic rings. The molecule has 0 aliphatic rings. The van der Waals surface area contributed by atoms with Gasteiger partial charge in [-0.15, -0.1) is 0 Å². The van der Waals surface area contributed by atoms with Crippen molar-refractivity contribution in [3.05, 3.63) is 107 Å². The molecule has 1 atom stereocenters. The molecule has 0 aromatic heterocycles. The molecule has 0 spiro atoms. The highest BCUT2D eigenvalue weighted by Gasteiger charge is 2.32. The van der Waals surface area contributed by atoms with Gasteiger partial charge >= 0.3 is 0 Å². The Morgan fingerprint density at radius 1 is 0.889 bits per heavy atom. The van der Waals surface area contributed by atoms with Crippen LogP contribution in [-0.2, 0) is 28.3 Å². The number of carbonyl (C=O) groups excluding carboxylic acids is 2. The lowest BCUT2D eigenvalue weighted by Gasteiger charge is -2.34. The molecule has 4 nitrogen and oxygen atoms in total. The fourth-order valence-corrected chi connectivity index (χ4v) is 5.01. The summed E-state index contributed by atoms with van der Waals surface area (Å²) in [7, 11) is 0. The second kappa shape index (κ2) is 13.5. The summed E-state index contributed by atoms with van der Waals surface area (Å²) in [4.78, 5) is 28.9. The summed E-state index contributed by atoms with van der Waals surface area (Å²) in [5.74, 6) is 1.33. The topological polar surface area (TPSA) is 49.4 Å². The summed E-state index contributed by atoms with van der Waals surface area (Å²) >= 11 is 7.97. The highest BCUT2D eigenvalue weighted by molar-refractivity contribution is 7.98. The van der Waals surface area contributed by atoms with Crippen LogP contribution < -0.4 is 5.32 Å². The molecule has 6 heteroatoms. The van der Waals surface area contributed by atoms with Gasteiger partial charge in [-0.05, 0) is 49.6 Å². The first-order valence-corrected chi connectivity index (χ1v) is 13.8. The van der Waals surface area contributed by atoms with Gasteiger partial charge in [-0.25, -0.2) is 0 Å². The summed E-state index contributed by atoms with van der Waals surface area (Å²) in [6.45, 7) is 6.17. The van der Waals surface area contributed by atoms with E-state index >= 15 is 0 Å². The molecular formula is C30H35ClN2O2S. The first-order chi connectivity index (χ1) is 17.2. The Kier molecular flexibility index (Phi) is 10.4. The lowest BCUT2D eigenvalue weighted by Crippen LogP contribution is -2.54. The number of rotatable bonds is 11. The zero-order valence-electron chi connectivity index (χ0n) is 21.2. The largest absolute Gasteiger partial charge is 0.350 e. The van der Waals surface area contributed by atoms with Crippen LogP contribution >= 0.6 is 23.4 Å². The van der Waals surface area contributed by atoms with Crippen LogP contribution in [0.3, 0.4) is 0 Å². The average molecular weight is 523 g/mol. The molecule has 3 rings (SSSR count). The van der Waals surface area contributed by atoms with Crippen LogP contribution in [0.15, 0.2) is 84.9 Å². The summed E-state index contributed by atoms with van der Waals surface area (Å²) < 4.78 is 0. The van der Waals surface area contributed by atoms with Crippen molar-refractivity contribution in [1.29, 1.82) is 0 Å². The third-order valence-corrected chi connectivity index (χ3v) is 6.85. The van der Waals surface area contributed by atoms with Crippen LogP contribution in [0.25, 0.3) is 0 Å². The number of hydrogen-bond acceptors (Lipinski definition) is 3. The number of nitrogens with zero attached hydrogens (tertiary/aromatic N) is 1. The first-order valence-electron chi connectivity index (χ1n) is 12.2. The molecule has 0 heterocycles. The predicted octanol–water partition coefficient (Wildman–Crippen LogP) is 6.52. The van der Waals surface area contributed by atoms with Gasteiger partial charge in [0.1, 0.15) is 6.04 Å². The Morgan fingerprint density at radius 3 is 2.11 bits per heavy atom. The molecule has 0 bridgehead atoms. The van der Waals surface area contributed by atoms with E-state index in [1.807, 2.05) is 93.6 Å². The second-order valence-corrected chi connectivity index (χ2v) is 11.4. The lowest BCUT2D eigenvalue weighted by atomic mass is 10.0. The molecule has 0 radical (unpaired) electrons. The standard InChI is InChI=1S/C30H35ClN2O2S/c1-30(2,3)32-29(35)27(20-23-11-6-4-7-12-23)33(21-25-15-10-16-26(31)19-25)28(34)17-18-36-22-24-13-8-5-9-14-24/h4-16,19,27H,17-18,20-22H2,1-3H3,(H,32,35). The van der Waals surface area contributed by atoms with E-state index in [-0.39, 0.29) is 11.8 Å². The maximum Gasteiger partial charge on any atom is 0.243 e. The summed E-state index contributed by atoms with van der Waals surface area (Å²) in [6, 6.07) is 26.9. The van der Waals surface area contributed by atoms with E-state index in [2.05, 4.69) is 17.4 Å². The van der Waals surface area contributed by atoms with Crippen LogP contribution in [0.2, 0.25) is 5.02 Å². The van der Waals surface area contributed by atoms with E-state index in [0.29, 0.717) is 30.2 Å². The molecule has 0 aliphatic carbocycles. The average Bonchev–Trinajstić information content (AvgIpc) is 2.84. The number of benzene rings is 3. The SMILES string of the molecule is CC(C)(C)NC(=O)C(Cc1ccccc1)N(Cc1cccc(Cl)c1)C(=O)CCSCc1ccccc1. The fourth-order valence-electron chi connectivity index (χ4n) is 3.91. The van der Waals surface area contributed by atoms with Gasteiger partial charge < -0.3 is 10.2 Å². The van der Waals surface area contributed by atoms with Crippen LogP contribution in [-0.4, -0.2) is 34.0 Å². The number of carbonyl (C=O) groups is 2. The van der Waals surface area contributed by atoms with Crippen molar-refractivity contribution in [2.75, 3.05) is 5.75 Å². The maximum atomic E-state index is 13.6. The summed E-state index contributed by atoms with van der Waals surface area (Å²) in [5.41, 5.74) is 2.73. The van der Waals surface area contributed by atoms with Crippen LogP contribution in [0.4, 0.5) is 0 Å². The Balaban J connectivity index is 1.82. The number of nitrogens with one attached hydrogen (secondary N) is 1. The number of thioether (sulfide) groups is 1. The van der Waals surface area contributed by atoms with Gasteiger partial charge in [-0.3, -0.25) is 9.59 Å². The third kappa shape index (κ3) is 9.36. The summed E-state index contributed by atoms with van der Waals surface area (Å²) in [5, 5.41) is 3.71. The molecule has 190 valence electrons. The highest BCUT2D eigenvalue weighted by atomic mass is 35.5. The molecule has 0 aliphatic heterocycles. The van der Waals surface area contributed by atoms with Gasteiger partial charge in [-0.2, -0.15) is 11.8 Å². The zero-order valence-corrected chi connectivity index (χ0v) is 22.8. The Hall–Kier alpha value is -2.76. The molecule has 2 amide bonds. The van der Waals surface area contributed by atoms with Crippen molar-refractivity contribution in [2.45, 2.75) is 57.5 Å². The normalized spacial score (nSPS) is 12.1. The smallest absolute Gasteiger partial charge is 0.243 e. The minimum Gasteiger partial charge on any atom is -0.350 e. The van der Waals surface area contributed by atoms with Gasteiger partial charge in [0, 0.05) is 41.5 Å². The Labute approximate surface area is 224 Å². The van der Waals surface area contributed by atoms with Gasteiger partial charge in [0.15, 0.2) is 0 Å². The van der Waals surface area contributed by atoms with E-state index < -0.39 is 11.6 Å². The lowest BCUT2D eigenvalue weighted by molar-refractivity contribution is -0.141. The minimum absolute atomic E-state index is 0.0412. The van der Waals surface area contributed by atoms with Crippen LogP contribution in [0.1, 0.15) is 43.9 Å². The molecule has 1 N–H and O–H groups in total. The predicted molar refractivity (Wildman–Crippen MR) is 151 cm³/mol. The molecule has 0 saturated heterocycles. The number of hydrogen-bond donors (Lipinski definition) is 1. The third-order valence-electron chi connectivity index (χ3n) is 5.58. The van der Waals surface area contributed by atoms with E-state index in [0.717, 1.165) is 16.9 Å². The van der Waals surface area contributed by atoms with Crippen molar-refractivity contribution < 1.29 is 9.59 Å². The van der Waals surface area contributed by atoms with E-state index in [1.54, 1.807) is 16.7 Å². The van der Waals surface area contributed by atoms with E-state index in [4.69, 9.17) is 11.6 Å². The van der Waals surface area contributed by atoms with Crippen molar-refractivity contribution in [3.8, 4) is 0 Å². The molecule has 3 aromatic carbocycles. The Morgan fingerprint density at radius 2 is 1.50 bits per heavy atom. The summed E-state index contributed by atoms with van der Waals surface area (Å²) in [6.07, 6.45) is 0.790. The number of halogens is 1. The van der Waals surface area contributed by atoms with Gasteiger partial charge in [0.25, 0.3) is 0 Å². The zero-order chi connectivity index (χ0) is 26.0. The number of amides is 2. The quantitative estimate of drug-likeness (QED) is 0.292. The second-order valence-electron chi connectivity index (χ2n) is 9.88. The van der Waals surface area contributed by atoms with Gasteiger partial charge in [0.2, 0.25) is 11.8 Å².